The first kappa shape index (κ1) is 11.3. The summed E-state index contributed by atoms with van der Waals surface area (Å²) in [5, 5.41) is 11.0. The Morgan fingerprint density at radius 1 is 1.33 bits per heavy atom. The molecule has 2 aromatic rings. The van der Waals surface area contributed by atoms with Crippen LogP contribution in [0.5, 0.6) is 0 Å². The van der Waals surface area contributed by atoms with Crippen molar-refractivity contribution in [2.75, 3.05) is 13.1 Å². The van der Waals surface area contributed by atoms with Crippen LogP contribution in [0, 0.1) is 17.6 Å². The van der Waals surface area contributed by atoms with E-state index in [1.54, 1.807) is 10.9 Å². The normalized spacial score (nSPS) is 15.7. The van der Waals surface area contributed by atoms with E-state index >= 15 is 0 Å². The maximum atomic E-state index is 13.6. The molecule has 2 heterocycles. The van der Waals surface area contributed by atoms with Gasteiger partial charge in [0.15, 0.2) is 0 Å². The third-order valence-corrected chi connectivity index (χ3v) is 3.05. The Balaban J connectivity index is 1.85. The number of nitrogens with zero attached hydrogens (tertiary/aromatic N) is 3. The lowest BCUT2D eigenvalue weighted by molar-refractivity contribution is 0.293. The van der Waals surface area contributed by atoms with Crippen molar-refractivity contribution in [1.29, 1.82) is 0 Å². The van der Waals surface area contributed by atoms with E-state index in [1.807, 2.05) is 0 Å². The minimum absolute atomic E-state index is 0.146. The number of hydrogen-bond acceptors (Lipinski definition) is 3. The van der Waals surface area contributed by atoms with Gasteiger partial charge in [0.25, 0.3) is 0 Å². The van der Waals surface area contributed by atoms with Gasteiger partial charge in [0, 0.05) is 31.1 Å². The zero-order valence-electron chi connectivity index (χ0n) is 9.61. The minimum atomic E-state index is -0.492. The molecule has 0 radical (unpaired) electrons. The van der Waals surface area contributed by atoms with E-state index in [9.17, 15) is 8.78 Å². The molecule has 1 aromatic heterocycles. The third kappa shape index (κ3) is 2.11. The fourth-order valence-corrected chi connectivity index (χ4v) is 1.95. The highest BCUT2D eigenvalue weighted by atomic mass is 19.1. The van der Waals surface area contributed by atoms with Crippen molar-refractivity contribution >= 4 is 0 Å². The van der Waals surface area contributed by atoms with Crippen LogP contribution in [0.1, 0.15) is 0 Å². The van der Waals surface area contributed by atoms with Gasteiger partial charge in [-0.2, -0.15) is 0 Å². The molecule has 94 valence electrons. The van der Waals surface area contributed by atoms with Crippen LogP contribution in [-0.4, -0.2) is 28.1 Å². The molecular formula is C12H12F2N4. The van der Waals surface area contributed by atoms with Gasteiger partial charge in [-0.05, 0) is 18.2 Å². The maximum Gasteiger partial charge on any atom is 0.132 e. The Morgan fingerprint density at radius 3 is 2.89 bits per heavy atom. The van der Waals surface area contributed by atoms with Gasteiger partial charge in [-0.25, -0.2) is 8.78 Å². The molecule has 3 rings (SSSR count). The molecule has 18 heavy (non-hydrogen) atoms. The van der Waals surface area contributed by atoms with E-state index in [1.165, 1.54) is 0 Å². The molecule has 0 bridgehead atoms. The van der Waals surface area contributed by atoms with Crippen LogP contribution < -0.4 is 5.32 Å². The van der Waals surface area contributed by atoms with Gasteiger partial charge in [-0.1, -0.05) is 5.21 Å². The van der Waals surface area contributed by atoms with E-state index in [2.05, 4.69) is 15.6 Å². The summed E-state index contributed by atoms with van der Waals surface area (Å²) in [4.78, 5) is 0. The molecular weight excluding hydrogens is 238 g/mol. The first-order valence-electron chi connectivity index (χ1n) is 5.78. The van der Waals surface area contributed by atoms with Gasteiger partial charge in [0.05, 0.1) is 6.20 Å². The number of halogens is 2. The summed E-state index contributed by atoms with van der Waals surface area (Å²) in [6, 6.07) is 3.32. The lowest BCUT2D eigenvalue weighted by atomic mass is 10.0. The Bertz CT molecular complexity index is 563. The predicted octanol–water partition coefficient (Wildman–Crippen LogP) is 1.44. The van der Waals surface area contributed by atoms with Crippen molar-refractivity contribution in [2.24, 2.45) is 5.92 Å². The van der Waals surface area contributed by atoms with Gasteiger partial charge >= 0.3 is 0 Å². The Hall–Kier alpha value is -1.82. The van der Waals surface area contributed by atoms with Gasteiger partial charge in [-0.3, -0.25) is 4.68 Å². The largest absolute Gasteiger partial charge is 0.316 e. The second kappa shape index (κ2) is 4.45. The van der Waals surface area contributed by atoms with Crippen LogP contribution in [0.15, 0.2) is 24.4 Å². The van der Waals surface area contributed by atoms with Crippen LogP contribution in [0.4, 0.5) is 8.78 Å². The number of rotatable bonds is 3. The van der Waals surface area contributed by atoms with Crippen molar-refractivity contribution in [1.82, 2.24) is 20.3 Å². The molecule has 1 aliphatic heterocycles. The molecule has 1 saturated heterocycles. The summed E-state index contributed by atoms with van der Waals surface area (Å²) in [6.45, 7) is 2.67. The van der Waals surface area contributed by atoms with Crippen LogP contribution >= 0.6 is 0 Å². The Kier molecular flexibility index (Phi) is 2.79. The number of hydrogen-bond donors (Lipinski definition) is 1. The molecule has 1 N–H and O–H groups in total. The predicted molar refractivity (Wildman–Crippen MR) is 61.7 cm³/mol. The number of benzene rings is 1. The number of aromatic nitrogens is 3. The summed E-state index contributed by atoms with van der Waals surface area (Å²) in [7, 11) is 0. The van der Waals surface area contributed by atoms with Crippen LogP contribution in [0.3, 0.4) is 0 Å². The van der Waals surface area contributed by atoms with Crippen molar-refractivity contribution in [2.45, 2.75) is 6.54 Å². The molecule has 0 unspecified atom stereocenters. The Morgan fingerprint density at radius 2 is 2.17 bits per heavy atom. The van der Waals surface area contributed by atoms with E-state index in [0.717, 1.165) is 37.8 Å². The van der Waals surface area contributed by atoms with E-state index in [0.29, 0.717) is 11.6 Å². The third-order valence-electron chi connectivity index (χ3n) is 3.05. The topological polar surface area (TPSA) is 42.7 Å². The van der Waals surface area contributed by atoms with Crippen LogP contribution in [0.2, 0.25) is 0 Å². The minimum Gasteiger partial charge on any atom is -0.316 e. The Labute approximate surface area is 103 Å². The smallest absolute Gasteiger partial charge is 0.132 e. The van der Waals surface area contributed by atoms with Crippen LogP contribution in [-0.2, 0) is 6.54 Å². The van der Waals surface area contributed by atoms with Gasteiger partial charge in [0.2, 0.25) is 0 Å². The SMILES string of the molecule is Fc1ccc(F)c(-c2cn(CC3CNC3)nn2)c1. The first-order valence-corrected chi connectivity index (χ1v) is 5.78. The van der Waals surface area contributed by atoms with Gasteiger partial charge in [0.1, 0.15) is 17.3 Å². The monoisotopic (exact) mass is 250 g/mol. The van der Waals surface area contributed by atoms with E-state index in [4.69, 9.17) is 0 Å². The van der Waals surface area contributed by atoms with E-state index in [-0.39, 0.29) is 5.56 Å². The van der Waals surface area contributed by atoms with Crippen molar-refractivity contribution in [3.8, 4) is 11.3 Å². The number of nitrogens with one attached hydrogen (secondary N) is 1. The van der Waals surface area contributed by atoms with Crippen molar-refractivity contribution in [3.63, 3.8) is 0 Å². The zero-order valence-corrected chi connectivity index (χ0v) is 9.61. The van der Waals surface area contributed by atoms with E-state index < -0.39 is 11.6 Å². The van der Waals surface area contributed by atoms with Gasteiger partial charge < -0.3 is 5.32 Å². The molecule has 0 saturated carbocycles. The highest BCUT2D eigenvalue weighted by Crippen LogP contribution is 2.21. The second-order valence-electron chi connectivity index (χ2n) is 4.47. The molecule has 0 atom stereocenters. The lowest BCUT2D eigenvalue weighted by Crippen LogP contribution is -2.44. The molecule has 1 aromatic carbocycles. The summed E-state index contributed by atoms with van der Waals surface area (Å²) < 4.78 is 28.3. The second-order valence-corrected chi connectivity index (χ2v) is 4.47. The molecule has 6 heteroatoms. The molecule has 0 amide bonds. The van der Waals surface area contributed by atoms with Crippen LogP contribution in [0.25, 0.3) is 11.3 Å². The summed E-state index contributed by atoms with van der Waals surface area (Å²) in [5.74, 6) is -0.435. The van der Waals surface area contributed by atoms with Crippen molar-refractivity contribution < 1.29 is 8.78 Å². The summed E-state index contributed by atoms with van der Waals surface area (Å²) >= 11 is 0. The molecule has 0 spiro atoms. The standard InChI is InChI=1S/C12H12F2N4/c13-9-1-2-11(14)10(3-9)12-7-18(17-16-12)6-8-4-15-5-8/h1-3,7-8,15H,4-6H2. The lowest BCUT2D eigenvalue weighted by Gasteiger charge is -2.26. The highest BCUT2D eigenvalue weighted by Gasteiger charge is 2.18. The maximum absolute atomic E-state index is 13.6. The molecule has 1 fully saturated rings. The molecule has 0 aliphatic carbocycles. The highest BCUT2D eigenvalue weighted by molar-refractivity contribution is 5.58. The molecule has 4 nitrogen and oxygen atoms in total. The average Bonchev–Trinajstić information content (AvgIpc) is 2.75. The average molecular weight is 250 g/mol. The first-order chi connectivity index (χ1) is 8.72. The zero-order chi connectivity index (χ0) is 12.5. The molecule has 1 aliphatic rings. The quantitative estimate of drug-likeness (QED) is 0.896. The van der Waals surface area contributed by atoms with Gasteiger partial charge in [-0.15, -0.1) is 5.10 Å². The summed E-state index contributed by atoms with van der Waals surface area (Å²) in [5.41, 5.74) is 0.507. The fourth-order valence-electron chi connectivity index (χ4n) is 1.95. The van der Waals surface area contributed by atoms with Crippen molar-refractivity contribution in [3.05, 3.63) is 36.0 Å². The fraction of sp³-hybridized carbons (Fsp3) is 0.333. The summed E-state index contributed by atoms with van der Waals surface area (Å²) in [6.07, 6.45) is 1.65.